The second-order valence-electron chi connectivity index (χ2n) is 4.99. The molecule has 0 unspecified atom stereocenters. The highest BCUT2D eigenvalue weighted by atomic mass is 16.2. The quantitative estimate of drug-likeness (QED) is 0.802. The number of hydrogen-bond donors (Lipinski definition) is 0. The fourth-order valence-electron chi connectivity index (χ4n) is 2.61. The molecule has 1 amide bonds. The monoisotopic (exact) mass is 283 g/mol. The lowest BCUT2D eigenvalue weighted by Gasteiger charge is -2.16. The summed E-state index contributed by atoms with van der Waals surface area (Å²) in [6, 6.07) is 11.7. The summed E-state index contributed by atoms with van der Waals surface area (Å²) < 4.78 is 0. The van der Waals surface area contributed by atoms with Crippen molar-refractivity contribution in [1.29, 1.82) is 0 Å². The largest absolute Gasteiger partial charge is 0.331 e. The molecule has 1 aliphatic heterocycles. The van der Waals surface area contributed by atoms with Gasteiger partial charge in [0.1, 0.15) is 0 Å². The van der Waals surface area contributed by atoms with E-state index < -0.39 is 0 Å². The Morgan fingerprint density at radius 3 is 2.33 bits per heavy atom. The van der Waals surface area contributed by atoms with E-state index in [9.17, 15) is 9.59 Å². The predicted molar refractivity (Wildman–Crippen MR) is 85.6 cm³/mol. The predicted octanol–water partition coefficient (Wildman–Crippen LogP) is 3.59. The van der Waals surface area contributed by atoms with E-state index >= 15 is 0 Å². The summed E-state index contributed by atoms with van der Waals surface area (Å²) in [5.74, 6) is 0.104. The van der Waals surface area contributed by atoms with Crippen LogP contribution < -0.4 is 0 Å². The molecule has 3 rings (SSSR count). The molecule has 0 saturated carbocycles. The Labute approximate surface area is 125 Å². The van der Waals surface area contributed by atoms with E-state index in [0.29, 0.717) is 18.5 Å². The molecule has 0 radical (unpaired) electrons. The smallest absolute Gasteiger partial charge is 0.254 e. The van der Waals surface area contributed by atoms with Crippen LogP contribution in [0.15, 0.2) is 36.4 Å². The zero-order chi connectivity index (χ0) is 15.4. The van der Waals surface area contributed by atoms with Crippen LogP contribution in [0.1, 0.15) is 36.2 Å². The van der Waals surface area contributed by atoms with Gasteiger partial charge in [0, 0.05) is 18.5 Å². The van der Waals surface area contributed by atoms with Gasteiger partial charge in [-0.3, -0.25) is 9.59 Å². The van der Waals surface area contributed by atoms with Crippen molar-refractivity contribution < 1.29 is 9.59 Å². The van der Waals surface area contributed by atoms with E-state index in [1.54, 1.807) is 4.90 Å². The minimum absolute atomic E-state index is 0.0398. The average Bonchev–Trinajstić information content (AvgIpc) is 2.96. The van der Waals surface area contributed by atoms with Gasteiger partial charge in [-0.05, 0) is 29.3 Å². The molecule has 0 aromatic heterocycles. The number of aryl methyl sites for hydroxylation is 1. The number of amides is 1. The topological polar surface area (TPSA) is 37.4 Å². The van der Waals surface area contributed by atoms with E-state index in [0.717, 1.165) is 16.3 Å². The van der Waals surface area contributed by atoms with Crippen LogP contribution in [-0.4, -0.2) is 29.7 Å². The molecule has 21 heavy (non-hydrogen) atoms. The van der Waals surface area contributed by atoms with Crippen molar-refractivity contribution in [3.63, 3.8) is 0 Å². The molecule has 2 aromatic carbocycles. The SMILES string of the molecule is CC.Cc1ccc(C(=O)N2CCC(=O)C2)c2ccccc12. The zero-order valence-corrected chi connectivity index (χ0v) is 12.8. The summed E-state index contributed by atoms with van der Waals surface area (Å²) >= 11 is 0. The van der Waals surface area contributed by atoms with Gasteiger partial charge in [0.05, 0.1) is 6.54 Å². The molecule has 1 aliphatic rings. The lowest BCUT2D eigenvalue weighted by molar-refractivity contribution is -0.116. The average molecular weight is 283 g/mol. The molecule has 3 heteroatoms. The first-order valence-electron chi connectivity index (χ1n) is 7.46. The van der Waals surface area contributed by atoms with E-state index in [4.69, 9.17) is 0 Å². The van der Waals surface area contributed by atoms with Crippen molar-refractivity contribution in [3.8, 4) is 0 Å². The minimum Gasteiger partial charge on any atom is -0.331 e. The Bertz CT molecular complexity index is 676. The van der Waals surface area contributed by atoms with Gasteiger partial charge in [-0.25, -0.2) is 0 Å². The lowest BCUT2D eigenvalue weighted by atomic mass is 9.99. The highest BCUT2D eigenvalue weighted by Crippen LogP contribution is 2.24. The number of rotatable bonds is 1. The fraction of sp³-hybridized carbons (Fsp3) is 0.333. The summed E-state index contributed by atoms with van der Waals surface area (Å²) in [7, 11) is 0. The van der Waals surface area contributed by atoms with Crippen molar-refractivity contribution >= 4 is 22.5 Å². The highest BCUT2D eigenvalue weighted by molar-refractivity contribution is 6.09. The molecule has 110 valence electrons. The summed E-state index contributed by atoms with van der Waals surface area (Å²) in [5.41, 5.74) is 1.85. The number of fused-ring (bicyclic) bond motifs is 1. The molecule has 0 aliphatic carbocycles. The fourth-order valence-corrected chi connectivity index (χ4v) is 2.61. The number of carbonyl (C=O) groups excluding carboxylic acids is 2. The Balaban J connectivity index is 0.000000774. The lowest BCUT2D eigenvalue weighted by Crippen LogP contribution is -2.28. The first kappa shape index (κ1) is 15.2. The third-order valence-electron chi connectivity index (χ3n) is 3.69. The molecule has 2 aromatic rings. The van der Waals surface area contributed by atoms with Gasteiger partial charge in [-0.2, -0.15) is 0 Å². The maximum absolute atomic E-state index is 12.5. The standard InChI is InChI=1S/C16H15NO2.C2H6/c1-11-6-7-15(14-5-3-2-4-13(11)14)16(19)17-9-8-12(18)10-17;1-2/h2-7H,8-10H2,1H3;1-2H3. The van der Waals surface area contributed by atoms with Gasteiger partial charge in [0.15, 0.2) is 5.78 Å². The molecule has 1 saturated heterocycles. The first-order valence-corrected chi connectivity index (χ1v) is 7.46. The molecule has 0 spiro atoms. The van der Waals surface area contributed by atoms with Crippen LogP contribution in [0.3, 0.4) is 0 Å². The van der Waals surface area contributed by atoms with E-state index in [1.807, 2.05) is 57.2 Å². The molecular formula is C18H21NO2. The highest BCUT2D eigenvalue weighted by Gasteiger charge is 2.25. The summed E-state index contributed by atoms with van der Waals surface area (Å²) in [4.78, 5) is 25.4. The van der Waals surface area contributed by atoms with E-state index in [-0.39, 0.29) is 18.2 Å². The Morgan fingerprint density at radius 1 is 1.05 bits per heavy atom. The van der Waals surface area contributed by atoms with Crippen LogP contribution in [0.4, 0.5) is 0 Å². The van der Waals surface area contributed by atoms with Crippen LogP contribution in [0, 0.1) is 6.92 Å². The zero-order valence-electron chi connectivity index (χ0n) is 12.8. The second-order valence-corrected chi connectivity index (χ2v) is 4.99. The van der Waals surface area contributed by atoms with Crippen LogP contribution >= 0.6 is 0 Å². The Hall–Kier alpha value is -2.16. The van der Waals surface area contributed by atoms with Gasteiger partial charge in [0.25, 0.3) is 5.91 Å². The molecule has 0 atom stereocenters. The Kier molecular flexibility index (Phi) is 4.73. The Morgan fingerprint density at radius 2 is 1.71 bits per heavy atom. The van der Waals surface area contributed by atoms with Crippen molar-refractivity contribution in [1.82, 2.24) is 4.90 Å². The molecule has 0 bridgehead atoms. The van der Waals surface area contributed by atoms with Crippen molar-refractivity contribution in [2.75, 3.05) is 13.1 Å². The molecular weight excluding hydrogens is 262 g/mol. The maximum atomic E-state index is 12.5. The summed E-state index contributed by atoms with van der Waals surface area (Å²) in [5, 5.41) is 2.06. The van der Waals surface area contributed by atoms with Gasteiger partial charge in [-0.15, -0.1) is 0 Å². The summed E-state index contributed by atoms with van der Waals surface area (Å²) in [6.45, 7) is 6.83. The van der Waals surface area contributed by atoms with Gasteiger partial charge in [-0.1, -0.05) is 44.2 Å². The van der Waals surface area contributed by atoms with Crippen molar-refractivity contribution in [3.05, 3.63) is 47.5 Å². The number of Topliss-reactive ketones (excluding diaryl/α,β-unsaturated/α-hetero) is 1. The van der Waals surface area contributed by atoms with Crippen molar-refractivity contribution in [2.24, 2.45) is 0 Å². The van der Waals surface area contributed by atoms with Gasteiger partial charge >= 0.3 is 0 Å². The minimum atomic E-state index is -0.0398. The van der Waals surface area contributed by atoms with E-state index in [1.165, 1.54) is 0 Å². The number of benzene rings is 2. The van der Waals surface area contributed by atoms with Crippen LogP contribution in [0.5, 0.6) is 0 Å². The number of ketones is 1. The number of carbonyl (C=O) groups is 2. The van der Waals surface area contributed by atoms with Gasteiger partial charge < -0.3 is 4.90 Å². The van der Waals surface area contributed by atoms with Crippen LogP contribution in [0.25, 0.3) is 10.8 Å². The maximum Gasteiger partial charge on any atom is 0.254 e. The first-order chi connectivity index (χ1) is 10.2. The van der Waals surface area contributed by atoms with E-state index in [2.05, 4.69) is 0 Å². The number of hydrogen-bond acceptors (Lipinski definition) is 2. The molecule has 0 N–H and O–H groups in total. The molecule has 3 nitrogen and oxygen atoms in total. The van der Waals surface area contributed by atoms with Gasteiger partial charge in [0.2, 0.25) is 0 Å². The van der Waals surface area contributed by atoms with Crippen LogP contribution in [0.2, 0.25) is 0 Å². The summed E-state index contributed by atoms with van der Waals surface area (Å²) in [6.07, 6.45) is 0.482. The number of likely N-dealkylation sites (tertiary alicyclic amines) is 1. The van der Waals surface area contributed by atoms with Crippen molar-refractivity contribution in [2.45, 2.75) is 27.2 Å². The second kappa shape index (κ2) is 6.53. The molecule has 1 heterocycles. The molecule has 1 fully saturated rings. The normalized spacial score (nSPS) is 14.0. The van der Waals surface area contributed by atoms with Crippen LogP contribution in [-0.2, 0) is 4.79 Å². The number of nitrogens with zero attached hydrogens (tertiary/aromatic N) is 1. The third-order valence-corrected chi connectivity index (χ3v) is 3.69. The third kappa shape index (κ3) is 2.97.